The van der Waals surface area contributed by atoms with E-state index in [9.17, 15) is 14.0 Å². The lowest BCUT2D eigenvalue weighted by molar-refractivity contribution is -0.152. The van der Waals surface area contributed by atoms with Crippen LogP contribution in [-0.4, -0.2) is 24.0 Å². The van der Waals surface area contributed by atoms with E-state index in [0.717, 1.165) is 0 Å². The zero-order valence-corrected chi connectivity index (χ0v) is 9.90. The summed E-state index contributed by atoms with van der Waals surface area (Å²) in [5.41, 5.74) is -1.06. The molecule has 0 aromatic heterocycles. The van der Waals surface area contributed by atoms with Crippen molar-refractivity contribution in [1.82, 2.24) is 0 Å². The minimum Gasteiger partial charge on any atom is -0.480 e. The number of aliphatic carboxylic acids is 1. The molecule has 0 saturated heterocycles. The van der Waals surface area contributed by atoms with Crippen LogP contribution in [0, 0.1) is 11.2 Å². The van der Waals surface area contributed by atoms with E-state index in [-0.39, 0.29) is 0 Å². The number of hydrogen-bond donors (Lipinski definition) is 1. The van der Waals surface area contributed by atoms with Crippen molar-refractivity contribution in [2.24, 2.45) is 5.41 Å². The lowest BCUT2D eigenvalue weighted by Crippen LogP contribution is -2.43. The standard InChI is InChI=1S/C12H14FNO3/c1-12(2,11(16)17)10(15)14(3)9-6-4-8(13)5-7-9/h4-7H,1-3H3,(H,16,17). The van der Waals surface area contributed by atoms with Gasteiger partial charge in [-0.3, -0.25) is 9.59 Å². The zero-order chi connectivity index (χ0) is 13.2. The van der Waals surface area contributed by atoms with Crippen LogP contribution in [0.2, 0.25) is 0 Å². The van der Waals surface area contributed by atoms with Crippen molar-refractivity contribution in [2.75, 3.05) is 11.9 Å². The van der Waals surface area contributed by atoms with Crippen molar-refractivity contribution in [3.63, 3.8) is 0 Å². The Hall–Kier alpha value is -1.91. The number of rotatable bonds is 3. The molecule has 0 spiro atoms. The molecule has 0 bridgehead atoms. The minimum absolute atomic E-state index is 0.410. The highest BCUT2D eigenvalue weighted by atomic mass is 19.1. The first-order chi connectivity index (χ1) is 7.76. The SMILES string of the molecule is CN(C(=O)C(C)(C)C(=O)O)c1ccc(F)cc1. The fourth-order valence-electron chi connectivity index (χ4n) is 1.29. The van der Waals surface area contributed by atoms with Crippen LogP contribution in [0.1, 0.15) is 13.8 Å². The summed E-state index contributed by atoms with van der Waals surface area (Å²) >= 11 is 0. The predicted molar refractivity (Wildman–Crippen MR) is 61.2 cm³/mol. The molecule has 0 heterocycles. The Morgan fingerprint density at radius 3 is 2.12 bits per heavy atom. The second-order valence-corrected chi connectivity index (χ2v) is 4.27. The molecule has 1 N–H and O–H groups in total. The smallest absolute Gasteiger partial charge is 0.318 e. The lowest BCUT2D eigenvalue weighted by Gasteiger charge is -2.25. The van der Waals surface area contributed by atoms with Crippen LogP contribution in [0.4, 0.5) is 10.1 Å². The summed E-state index contributed by atoms with van der Waals surface area (Å²) in [4.78, 5) is 24.1. The number of carbonyl (C=O) groups excluding carboxylic acids is 1. The third-order valence-corrected chi connectivity index (χ3v) is 2.59. The lowest BCUT2D eigenvalue weighted by atomic mass is 9.92. The molecule has 0 fully saturated rings. The first-order valence-electron chi connectivity index (χ1n) is 5.04. The van der Waals surface area contributed by atoms with Crippen LogP contribution in [0.5, 0.6) is 0 Å². The van der Waals surface area contributed by atoms with Crippen LogP contribution >= 0.6 is 0 Å². The van der Waals surface area contributed by atoms with Gasteiger partial charge in [-0.25, -0.2) is 4.39 Å². The number of anilines is 1. The van der Waals surface area contributed by atoms with E-state index in [0.29, 0.717) is 5.69 Å². The van der Waals surface area contributed by atoms with Gasteiger partial charge < -0.3 is 10.0 Å². The number of carboxylic acids is 1. The van der Waals surface area contributed by atoms with Crippen molar-refractivity contribution in [3.8, 4) is 0 Å². The molecule has 0 aliphatic carbocycles. The molecular formula is C12H14FNO3. The number of amides is 1. The Balaban J connectivity index is 2.98. The molecule has 0 saturated carbocycles. The molecule has 1 aromatic carbocycles. The van der Waals surface area contributed by atoms with Gasteiger partial charge in [-0.2, -0.15) is 0 Å². The van der Waals surface area contributed by atoms with E-state index in [2.05, 4.69) is 0 Å². The van der Waals surface area contributed by atoms with Gasteiger partial charge in [0.05, 0.1) is 0 Å². The van der Waals surface area contributed by atoms with Gasteiger partial charge in [0.15, 0.2) is 0 Å². The minimum atomic E-state index is -1.51. The van der Waals surface area contributed by atoms with Crippen LogP contribution in [0.25, 0.3) is 0 Å². The van der Waals surface area contributed by atoms with Crippen molar-refractivity contribution in [1.29, 1.82) is 0 Å². The summed E-state index contributed by atoms with van der Waals surface area (Å²) in [5, 5.41) is 8.94. The largest absolute Gasteiger partial charge is 0.480 e. The molecule has 92 valence electrons. The summed E-state index contributed by atoms with van der Waals surface area (Å²) in [5.74, 6) is -2.17. The number of nitrogens with zero attached hydrogens (tertiary/aromatic N) is 1. The molecule has 0 aliphatic heterocycles. The first-order valence-corrected chi connectivity index (χ1v) is 5.04. The predicted octanol–water partition coefficient (Wildman–Crippen LogP) is 1.90. The third-order valence-electron chi connectivity index (χ3n) is 2.59. The van der Waals surface area contributed by atoms with Crippen LogP contribution in [-0.2, 0) is 9.59 Å². The van der Waals surface area contributed by atoms with Gasteiger partial charge in [-0.05, 0) is 38.1 Å². The topological polar surface area (TPSA) is 57.6 Å². The highest BCUT2D eigenvalue weighted by molar-refractivity contribution is 6.08. The maximum absolute atomic E-state index is 12.7. The molecular weight excluding hydrogens is 225 g/mol. The molecule has 1 rings (SSSR count). The summed E-state index contributed by atoms with van der Waals surface area (Å²) < 4.78 is 12.7. The van der Waals surface area contributed by atoms with E-state index < -0.39 is 23.1 Å². The highest BCUT2D eigenvalue weighted by Gasteiger charge is 2.38. The molecule has 0 atom stereocenters. The summed E-state index contributed by atoms with van der Waals surface area (Å²) in [7, 11) is 1.46. The summed E-state index contributed by atoms with van der Waals surface area (Å²) in [6, 6.07) is 5.27. The second-order valence-electron chi connectivity index (χ2n) is 4.27. The van der Waals surface area contributed by atoms with Gasteiger partial charge in [0.25, 0.3) is 0 Å². The van der Waals surface area contributed by atoms with Crippen molar-refractivity contribution in [2.45, 2.75) is 13.8 Å². The number of benzene rings is 1. The Kier molecular flexibility index (Phi) is 3.50. The molecule has 0 aliphatic rings. The van der Waals surface area contributed by atoms with Crippen LogP contribution < -0.4 is 4.90 Å². The fourth-order valence-corrected chi connectivity index (χ4v) is 1.29. The normalized spacial score (nSPS) is 11.1. The third kappa shape index (κ3) is 2.61. The van der Waals surface area contributed by atoms with E-state index in [1.54, 1.807) is 0 Å². The Morgan fingerprint density at radius 1 is 1.24 bits per heavy atom. The number of hydrogen-bond acceptors (Lipinski definition) is 2. The molecule has 5 heteroatoms. The van der Waals surface area contributed by atoms with Crippen LogP contribution in [0.15, 0.2) is 24.3 Å². The zero-order valence-electron chi connectivity index (χ0n) is 9.90. The average Bonchev–Trinajstić information content (AvgIpc) is 2.27. The molecule has 17 heavy (non-hydrogen) atoms. The fraction of sp³-hybridized carbons (Fsp3) is 0.333. The molecule has 4 nitrogen and oxygen atoms in total. The van der Waals surface area contributed by atoms with Gasteiger partial charge in [0.1, 0.15) is 11.2 Å². The van der Waals surface area contributed by atoms with Gasteiger partial charge in [0, 0.05) is 12.7 Å². The second kappa shape index (κ2) is 4.53. The summed E-state index contributed by atoms with van der Waals surface area (Å²) in [6.07, 6.45) is 0. The van der Waals surface area contributed by atoms with E-state index >= 15 is 0 Å². The maximum atomic E-state index is 12.7. The van der Waals surface area contributed by atoms with Crippen molar-refractivity contribution >= 4 is 17.6 Å². The molecule has 1 amide bonds. The Bertz CT molecular complexity index is 440. The number of carboxylic acid groups (broad SMARTS) is 1. The quantitative estimate of drug-likeness (QED) is 0.819. The maximum Gasteiger partial charge on any atom is 0.318 e. The monoisotopic (exact) mass is 239 g/mol. The van der Waals surface area contributed by atoms with Crippen LogP contribution in [0.3, 0.4) is 0 Å². The van der Waals surface area contributed by atoms with Gasteiger partial charge in [-0.15, -0.1) is 0 Å². The van der Waals surface area contributed by atoms with E-state index in [4.69, 9.17) is 5.11 Å². The van der Waals surface area contributed by atoms with E-state index in [1.165, 1.54) is 50.1 Å². The first kappa shape index (κ1) is 13.2. The highest BCUT2D eigenvalue weighted by Crippen LogP contribution is 2.23. The van der Waals surface area contributed by atoms with Crippen molar-refractivity contribution < 1.29 is 19.1 Å². The Labute approximate surface area is 98.7 Å². The average molecular weight is 239 g/mol. The number of carbonyl (C=O) groups is 2. The Morgan fingerprint density at radius 2 is 1.71 bits per heavy atom. The van der Waals surface area contributed by atoms with E-state index in [1.807, 2.05) is 0 Å². The summed E-state index contributed by atoms with van der Waals surface area (Å²) in [6.45, 7) is 2.66. The molecule has 0 unspecified atom stereocenters. The van der Waals surface area contributed by atoms with Gasteiger partial charge >= 0.3 is 5.97 Å². The van der Waals surface area contributed by atoms with Gasteiger partial charge in [-0.1, -0.05) is 0 Å². The molecule has 0 radical (unpaired) electrons. The van der Waals surface area contributed by atoms with Crippen molar-refractivity contribution in [3.05, 3.63) is 30.1 Å². The molecule has 1 aromatic rings. The number of halogens is 1. The van der Waals surface area contributed by atoms with Gasteiger partial charge in [0.2, 0.25) is 5.91 Å².